The fourth-order valence-corrected chi connectivity index (χ4v) is 3.36. The van der Waals surface area contributed by atoms with Crippen LogP contribution in [0.3, 0.4) is 0 Å². The summed E-state index contributed by atoms with van der Waals surface area (Å²) in [6.07, 6.45) is 7.20. The molecule has 0 fully saturated rings. The van der Waals surface area contributed by atoms with Gasteiger partial charge in [-0.2, -0.15) is 0 Å². The topological polar surface area (TPSA) is 75.9 Å². The number of aromatic nitrogens is 4. The molecule has 1 aliphatic rings. The number of pyridine rings is 1. The van der Waals surface area contributed by atoms with Crippen molar-refractivity contribution in [3.63, 3.8) is 0 Å². The molecule has 0 aromatic carbocycles. The predicted octanol–water partition coefficient (Wildman–Crippen LogP) is 2.66. The lowest BCUT2D eigenvalue weighted by molar-refractivity contribution is 0.194. The molecule has 146 valence electrons. The van der Waals surface area contributed by atoms with Crippen molar-refractivity contribution >= 4 is 6.03 Å². The summed E-state index contributed by atoms with van der Waals surface area (Å²) in [6, 6.07) is 4.20. The van der Waals surface area contributed by atoms with Gasteiger partial charge in [0, 0.05) is 50.9 Å². The molecule has 2 aromatic rings. The number of urea groups is 1. The van der Waals surface area contributed by atoms with Crippen LogP contribution in [0.1, 0.15) is 50.8 Å². The zero-order valence-electron chi connectivity index (χ0n) is 16.6. The minimum absolute atomic E-state index is 0.0266. The van der Waals surface area contributed by atoms with E-state index in [-0.39, 0.29) is 12.1 Å². The van der Waals surface area contributed by atoms with E-state index in [9.17, 15) is 4.79 Å². The Bertz CT molecular complexity index is 742. The van der Waals surface area contributed by atoms with Crippen LogP contribution in [-0.4, -0.2) is 49.8 Å². The van der Waals surface area contributed by atoms with E-state index in [4.69, 9.17) is 0 Å². The molecule has 0 radical (unpaired) electrons. The summed E-state index contributed by atoms with van der Waals surface area (Å²) in [5.41, 5.74) is 1.12. The van der Waals surface area contributed by atoms with Crippen LogP contribution in [0.5, 0.6) is 0 Å². The first-order valence-electron chi connectivity index (χ1n) is 9.88. The SMILES string of the molecule is CC(C)CCC(C)NC(=O)N1CCc2nnc(Cc3cccnc3)n2CC1. The zero-order valence-corrected chi connectivity index (χ0v) is 16.6. The maximum Gasteiger partial charge on any atom is 0.317 e. The average molecular weight is 371 g/mol. The van der Waals surface area contributed by atoms with Gasteiger partial charge < -0.3 is 14.8 Å². The Balaban J connectivity index is 1.57. The number of amides is 2. The molecule has 0 bridgehead atoms. The summed E-state index contributed by atoms with van der Waals surface area (Å²) in [5.74, 6) is 2.55. The third-order valence-corrected chi connectivity index (χ3v) is 5.02. The first-order chi connectivity index (χ1) is 13.0. The number of nitrogens with one attached hydrogen (secondary N) is 1. The second-order valence-corrected chi connectivity index (χ2v) is 7.78. The maximum atomic E-state index is 12.6. The maximum absolute atomic E-state index is 12.6. The van der Waals surface area contributed by atoms with Crippen molar-refractivity contribution in [3.05, 3.63) is 41.7 Å². The molecule has 0 spiro atoms. The predicted molar refractivity (Wildman–Crippen MR) is 104 cm³/mol. The second-order valence-electron chi connectivity index (χ2n) is 7.78. The van der Waals surface area contributed by atoms with Crippen molar-refractivity contribution in [1.82, 2.24) is 30.0 Å². The van der Waals surface area contributed by atoms with Crippen molar-refractivity contribution in [1.29, 1.82) is 0 Å². The molecule has 2 amide bonds. The van der Waals surface area contributed by atoms with E-state index >= 15 is 0 Å². The zero-order chi connectivity index (χ0) is 19.2. The highest BCUT2D eigenvalue weighted by molar-refractivity contribution is 5.74. The monoisotopic (exact) mass is 370 g/mol. The van der Waals surface area contributed by atoms with Gasteiger partial charge in [0.05, 0.1) is 0 Å². The fourth-order valence-electron chi connectivity index (χ4n) is 3.36. The molecule has 3 heterocycles. The Morgan fingerprint density at radius 3 is 2.78 bits per heavy atom. The Hall–Kier alpha value is -2.44. The molecular formula is C20H30N6O. The Morgan fingerprint density at radius 2 is 2.04 bits per heavy atom. The number of hydrogen-bond acceptors (Lipinski definition) is 4. The van der Waals surface area contributed by atoms with E-state index in [2.05, 4.69) is 45.8 Å². The van der Waals surface area contributed by atoms with Crippen molar-refractivity contribution in [3.8, 4) is 0 Å². The number of fused-ring (bicyclic) bond motifs is 1. The van der Waals surface area contributed by atoms with E-state index in [1.165, 1.54) is 0 Å². The summed E-state index contributed by atoms with van der Waals surface area (Å²) < 4.78 is 2.16. The summed E-state index contributed by atoms with van der Waals surface area (Å²) in [4.78, 5) is 18.7. The molecule has 27 heavy (non-hydrogen) atoms. The second kappa shape index (κ2) is 8.97. The number of carbonyl (C=O) groups excluding carboxylic acids is 1. The van der Waals surface area contributed by atoms with Gasteiger partial charge in [0.1, 0.15) is 11.6 Å². The quantitative estimate of drug-likeness (QED) is 0.848. The number of nitrogens with zero attached hydrogens (tertiary/aromatic N) is 5. The smallest absolute Gasteiger partial charge is 0.317 e. The van der Waals surface area contributed by atoms with Crippen molar-refractivity contribution < 1.29 is 4.79 Å². The molecule has 1 atom stereocenters. The average Bonchev–Trinajstić information content (AvgIpc) is 2.89. The van der Waals surface area contributed by atoms with Crippen molar-refractivity contribution in [2.75, 3.05) is 13.1 Å². The third kappa shape index (κ3) is 5.28. The lowest BCUT2D eigenvalue weighted by atomic mass is 10.0. The first-order valence-corrected chi connectivity index (χ1v) is 9.88. The van der Waals surface area contributed by atoms with E-state index in [1.54, 1.807) is 6.20 Å². The highest BCUT2D eigenvalue weighted by Gasteiger charge is 2.22. The van der Waals surface area contributed by atoms with Crippen LogP contribution in [0.15, 0.2) is 24.5 Å². The van der Waals surface area contributed by atoms with Crippen LogP contribution >= 0.6 is 0 Å². The van der Waals surface area contributed by atoms with Gasteiger partial charge in [-0.3, -0.25) is 4.98 Å². The minimum Gasteiger partial charge on any atom is -0.336 e. The lowest BCUT2D eigenvalue weighted by Crippen LogP contribution is -2.45. The van der Waals surface area contributed by atoms with Gasteiger partial charge in [0.15, 0.2) is 0 Å². The molecule has 0 saturated heterocycles. The highest BCUT2D eigenvalue weighted by Crippen LogP contribution is 2.13. The Morgan fingerprint density at radius 1 is 1.19 bits per heavy atom. The van der Waals surface area contributed by atoms with E-state index < -0.39 is 0 Å². The summed E-state index contributed by atoms with van der Waals surface area (Å²) in [5, 5.41) is 11.9. The molecule has 1 aliphatic heterocycles. The number of hydrogen-bond donors (Lipinski definition) is 1. The van der Waals surface area contributed by atoms with Gasteiger partial charge >= 0.3 is 6.03 Å². The van der Waals surface area contributed by atoms with Crippen LogP contribution in [0.25, 0.3) is 0 Å². The van der Waals surface area contributed by atoms with E-state index in [1.807, 2.05) is 23.2 Å². The molecular weight excluding hydrogens is 340 g/mol. The van der Waals surface area contributed by atoms with Crippen molar-refractivity contribution in [2.45, 2.75) is 59.0 Å². The largest absolute Gasteiger partial charge is 0.336 e. The molecule has 1 unspecified atom stereocenters. The van der Waals surface area contributed by atoms with Crippen LogP contribution in [0.4, 0.5) is 4.79 Å². The number of carbonyl (C=O) groups is 1. The van der Waals surface area contributed by atoms with Crippen molar-refractivity contribution in [2.24, 2.45) is 5.92 Å². The summed E-state index contributed by atoms with van der Waals surface area (Å²) in [7, 11) is 0. The minimum atomic E-state index is 0.0266. The van der Waals surface area contributed by atoms with Gasteiger partial charge in [-0.25, -0.2) is 4.79 Å². The standard InChI is InChI=1S/C20H30N6O/c1-15(2)6-7-16(3)22-20(27)25-10-8-18-23-24-19(26(18)12-11-25)13-17-5-4-9-21-14-17/h4-5,9,14-16H,6-8,10-13H2,1-3H3,(H,22,27). The van der Waals surface area contributed by atoms with E-state index in [0.29, 0.717) is 25.4 Å². The van der Waals surface area contributed by atoms with Gasteiger partial charge in [-0.05, 0) is 37.3 Å². The molecule has 3 rings (SSSR count). The molecule has 0 aliphatic carbocycles. The molecule has 1 N–H and O–H groups in total. The van der Waals surface area contributed by atoms with Gasteiger partial charge in [-0.1, -0.05) is 19.9 Å². The van der Waals surface area contributed by atoms with Gasteiger partial charge in [0.25, 0.3) is 0 Å². The van der Waals surface area contributed by atoms with Crippen LogP contribution in [-0.2, 0) is 19.4 Å². The Labute approximate surface area is 161 Å². The summed E-state index contributed by atoms with van der Waals surface area (Å²) >= 11 is 0. The normalized spacial score (nSPS) is 15.3. The fraction of sp³-hybridized carbons (Fsp3) is 0.600. The summed E-state index contributed by atoms with van der Waals surface area (Å²) in [6.45, 7) is 8.58. The highest BCUT2D eigenvalue weighted by atomic mass is 16.2. The van der Waals surface area contributed by atoms with Crippen LogP contribution < -0.4 is 5.32 Å². The molecule has 7 nitrogen and oxygen atoms in total. The third-order valence-electron chi connectivity index (χ3n) is 5.02. The van der Waals surface area contributed by atoms with Gasteiger partial charge in [-0.15, -0.1) is 10.2 Å². The van der Waals surface area contributed by atoms with Crippen LogP contribution in [0, 0.1) is 5.92 Å². The van der Waals surface area contributed by atoms with E-state index in [0.717, 1.165) is 43.0 Å². The molecule has 2 aromatic heterocycles. The lowest BCUT2D eigenvalue weighted by Gasteiger charge is -2.24. The number of rotatable bonds is 6. The molecule has 7 heteroatoms. The van der Waals surface area contributed by atoms with Gasteiger partial charge in [0.2, 0.25) is 0 Å². The first kappa shape index (κ1) is 19.3. The Kier molecular flexibility index (Phi) is 6.42. The van der Waals surface area contributed by atoms with Crippen LogP contribution in [0.2, 0.25) is 0 Å². The molecule has 0 saturated carbocycles.